The van der Waals surface area contributed by atoms with Crippen molar-refractivity contribution in [3.63, 3.8) is 0 Å². The Kier molecular flexibility index (Phi) is 4.23. The van der Waals surface area contributed by atoms with Crippen molar-refractivity contribution >= 4 is 5.91 Å². The number of carbonyl (C=O) groups excluding carboxylic acids is 1. The summed E-state index contributed by atoms with van der Waals surface area (Å²) in [5, 5.41) is 2.89. The molecule has 0 saturated heterocycles. The van der Waals surface area contributed by atoms with Gasteiger partial charge in [-0.25, -0.2) is 9.97 Å². The number of hydrogen-bond donors (Lipinski definition) is 1. The number of aromatic nitrogens is 2. The molecule has 0 radical (unpaired) electrons. The summed E-state index contributed by atoms with van der Waals surface area (Å²) in [6, 6.07) is 10.1. The first kappa shape index (κ1) is 13.2. The topological polar surface area (TPSA) is 54.9 Å². The zero-order valence-corrected chi connectivity index (χ0v) is 11.2. The van der Waals surface area contributed by atoms with Crippen LogP contribution in [0.5, 0.6) is 0 Å². The van der Waals surface area contributed by atoms with Gasteiger partial charge in [-0.05, 0) is 25.8 Å². The molecule has 1 aromatic carbocycles. The van der Waals surface area contributed by atoms with Crippen LogP contribution in [-0.4, -0.2) is 22.4 Å². The zero-order chi connectivity index (χ0) is 13.7. The van der Waals surface area contributed by atoms with Crippen LogP contribution >= 0.6 is 0 Å². The van der Waals surface area contributed by atoms with Crippen LogP contribution < -0.4 is 5.32 Å². The summed E-state index contributed by atoms with van der Waals surface area (Å²) in [7, 11) is 0. The summed E-state index contributed by atoms with van der Waals surface area (Å²) >= 11 is 0. The summed E-state index contributed by atoms with van der Waals surface area (Å²) in [5.74, 6) is -0.140. The van der Waals surface area contributed by atoms with Crippen molar-refractivity contribution in [3.05, 3.63) is 59.2 Å². The fraction of sp³-hybridized carbons (Fsp3) is 0.267. The normalized spacial score (nSPS) is 10.2. The van der Waals surface area contributed by atoms with E-state index in [1.807, 2.05) is 44.2 Å². The highest BCUT2D eigenvalue weighted by molar-refractivity contribution is 5.93. The maximum absolute atomic E-state index is 12.0. The van der Waals surface area contributed by atoms with Gasteiger partial charge in [0, 0.05) is 17.8 Å². The van der Waals surface area contributed by atoms with Gasteiger partial charge < -0.3 is 5.32 Å². The van der Waals surface area contributed by atoms with Crippen molar-refractivity contribution < 1.29 is 4.79 Å². The van der Waals surface area contributed by atoms with Crippen molar-refractivity contribution in [2.45, 2.75) is 20.3 Å². The smallest absolute Gasteiger partial charge is 0.270 e. The van der Waals surface area contributed by atoms with Crippen LogP contribution in [0.2, 0.25) is 0 Å². The molecule has 0 aliphatic carbocycles. The monoisotopic (exact) mass is 255 g/mol. The van der Waals surface area contributed by atoms with Crippen molar-refractivity contribution in [2.24, 2.45) is 0 Å². The molecule has 1 amide bonds. The molecule has 0 atom stereocenters. The Balaban J connectivity index is 1.93. The Morgan fingerprint density at radius 3 is 2.63 bits per heavy atom. The number of amides is 1. The van der Waals surface area contributed by atoms with Gasteiger partial charge >= 0.3 is 0 Å². The molecule has 0 unspecified atom stereocenters. The molecular formula is C15H17N3O. The largest absolute Gasteiger partial charge is 0.350 e. The number of carbonyl (C=O) groups is 1. The molecule has 0 fully saturated rings. The molecule has 19 heavy (non-hydrogen) atoms. The van der Waals surface area contributed by atoms with Gasteiger partial charge in [-0.3, -0.25) is 4.79 Å². The molecule has 0 bridgehead atoms. The van der Waals surface area contributed by atoms with E-state index in [0.717, 1.165) is 17.7 Å². The number of hydrogen-bond acceptors (Lipinski definition) is 3. The van der Waals surface area contributed by atoms with Gasteiger partial charge in [-0.1, -0.05) is 30.3 Å². The van der Waals surface area contributed by atoms with Crippen LogP contribution in [0.1, 0.15) is 27.3 Å². The molecule has 2 aromatic rings. The third-order valence-corrected chi connectivity index (χ3v) is 3.09. The van der Waals surface area contributed by atoms with Crippen molar-refractivity contribution in [1.82, 2.24) is 15.3 Å². The Morgan fingerprint density at radius 1 is 1.16 bits per heavy atom. The molecular weight excluding hydrogens is 238 g/mol. The summed E-state index contributed by atoms with van der Waals surface area (Å²) in [4.78, 5) is 20.1. The van der Waals surface area contributed by atoms with Crippen LogP contribution in [0.25, 0.3) is 0 Å². The number of rotatable bonds is 4. The Morgan fingerprint density at radius 2 is 1.89 bits per heavy atom. The van der Waals surface area contributed by atoms with Crippen LogP contribution in [0, 0.1) is 13.8 Å². The summed E-state index contributed by atoms with van der Waals surface area (Å²) < 4.78 is 0. The number of aryl methyl sites for hydroxylation is 1. The van der Waals surface area contributed by atoms with E-state index in [1.54, 1.807) is 0 Å². The maximum atomic E-state index is 12.0. The molecule has 4 nitrogen and oxygen atoms in total. The molecule has 0 aliphatic heterocycles. The van der Waals surface area contributed by atoms with E-state index < -0.39 is 0 Å². The van der Waals surface area contributed by atoms with E-state index in [0.29, 0.717) is 12.2 Å². The summed E-state index contributed by atoms with van der Waals surface area (Å²) in [6.45, 7) is 4.34. The highest BCUT2D eigenvalue weighted by Crippen LogP contribution is 2.06. The maximum Gasteiger partial charge on any atom is 0.270 e. The number of benzene rings is 1. The second-order valence-electron chi connectivity index (χ2n) is 4.42. The zero-order valence-electron chi connectivity index (χ0n) is 11.2. The van der Waals surface area contributed by atoms with Gasteiger partial charge in [0.05, 0.1) is 0 Å². The van der Waals surface area contributed by atoms with Crippen molar-refractivity contribution in [1.29, 1.82) is 0 Å². The lowest BCUT2D eigenvalue weighted by atomic mass is 10.1. The predicted molar refractivity (Wildman–Crippen MR) is 74.0 cm³/mol. The van der Waals surface area contributed by atoms with Crippen molar-refractivity contribution in [2.75, 3.05) is 6.54 Å². The summed E-state index contributed by atoms with van der Waals surface area (Å²) in [5.41, 5.74) is 3.34. The summed E-state index contributed by atoms with van der Waals surface area (Å²) in [6.07, 6.45) is 2.24. The van der Waals surface area contributed by atoms with Gasteiger partial charge in [0.2, 0.25) is 0 Å². The molecule has 0 saturated carbocycles. The molecule has 98 valence electrons. The average Bonchev–Trinajstić information content (AvgIpc) is 2.43. The first-order valence-corrected chi connectivity index (χ1v) is 6.29. The highest BCUT2D eigenvalue weighted by Gasteiger charge is 2.11. The fourth-order valence-corrected chi connectivity index (χ4v) is 1.82. The molecule has 1 heterocycles. The second-order valence-corrected chi connectivity index (χ2v) is 4.42. The van der Waals surface area contributed by atoms with Gasteiger partial charge in [-0.2, -0.15) is 0 Å². The molecule has 1 N–H and O–H groups in total. The van der Waals surface area contributed by atoms with Gasteiger partial charge in [-0.15, -0.1) is 0 Å². The Bertz CT molecular complexity index is 567. The standard InChI is InChI=1S/C15H17N3O/c1-11-12(2)17-10-18-14(11)15(19)16-9-8-13-6-4-3-5-7-13/h3-7,10H,8-9H2,1-2H3,(H,16,19). The minimum absolute atomic E-state index is 0.140. The van der Waals surface area contributed by atoms with E-state index in [9.17, 15) is 4.79 Å². The highest BCUT2D eigenvalue weighted by atomic mass is 16.1. The number of nitrogens with zero attached hydrogens (tertiary/aromatic N) is 2. The molecule has 0 spiro atoms. The van der Waals surface area contributed by atoms with Crippen molar-refractivity contribution in [3.8, 4) is 0 Å². The van der Waals surface area contributed by atoms with Crippen LogP contribution in [-0.2, 0) is 6.42 Å². The van der Waals surface area contributed by atoms with Crippen LogP contribution in [0.4, 0.5) is 0 Å². The third-order valence-electron chi connectivity index (χ3n) is 3.09. The first-order valence-electron chi connectivity index (χ1n) is 6.29. The molecule has 4 heteroatoms. The lowest BCUT2D eigenvalue weighted by molar-refractivity contribution is 0.0948. The minimum atomic E-state index is -0.140. The first-order chi connectivity index (χ1) is 9.18. The second kappa shape index (κ2) is 6.09. The van der Waals surface area contributed by atoms with E-state index in [4.69, 9.17) is 0 Å². The van der Waals surface area contributed by atoms with E-state index >= 15 is 0 Å². The minimum Gasteiger partial charge on any atom is -0.350 e. The van der Waals surface area contributed by atoms with Gasteiger partial charge in [0.25, 0.3) is 5.91 Å². The van der Waals surface area contributed by atoms with Crippen LogP contribution in [0.3, 0.4) is 0 Å². The molecule has 1 aromatic heterocycles. The SMILES string of the molecule is Cc1ncnc(C(=O)NCCc2ccccc2)c1C. The van der Waals surface area contributed by atoms with E-state index in [2.05, 4.69) is 15.3 Å². The van der Waals surface area contributed by atoms with Gasteiger partial charge in [0.1, 0.15) is 12.0 Å². The Labute approximate surface area is 112 Å². The lowest BCUT2D eigenvalue weighted by Crippen LogP contribution is -2.27. The fourth-order valence-electron chi connectivity index (χ4n) is 1.82. The predicted octanol–water partition coefficient (Wildman–Crippen LogP) is 2.07. The quantitative estimate of drug-likeness (QED) is 0.910. The average molecular weight is 255 g/mol. The lowest BCUT2D eigenvalue weighted by Gasteiger charge is -2.07. The third kappa shape index (κ3) is 3.37. The van der Waals surface area contributed by atoms with Gasteiger partial charge in [0.15, 0.2) is 0 Å². The number of nitrogens with one attached hydrogen (secondary N) is 1. The van der Waals surface area contributed by atoms with Crippen LogP contribution in [0.15, 0.2) is 36.7 Å². The Hall–Kier alpha value is -2.23. The molecule has 0 aliphatic rings. The molecule has 2 rings (SSSR count). The van der Waals surface area contributed by atoms with E-state index in [1.165, 1.54) is 11.9 Å². The van der Waals surface area contributed by atoms with E-state index in [-0.39, 0.29) is 5.91 Å².